The normalized spacial score (nSPS) is 11.2. The number of nitrogens with zero attached hydrogens (tertiary/aromatic N) is 1. The highest BCUT2D eigenvalue weighted by molar-refractivity contribution is 8.15. The molecule has 118 valence electrons. The fourth-order valence-corrected chi connectivity index (χ4v) is 3.75. The van der Waals surface area contributed by atoms with Crippen LogP contribution in [-0.4, -0.2) is 10.1 Å². The number of hydrogen-bond donors (Lipinski definition) is 0. The highest BCUT2D eigenvalue weighted by Gasteiger charge is 2.30. The number of thiazole rings is 1. The number of carbonyl (C=O) groups excluding carboxylic acids is 1. The lowest BCUT2D eigenvalue weighted by Crippen LogP contribution is -2.10. The molecule has 9 heteroatoms. The zero-order chi connectivity index (χ0) is 16.7. The molecule has 0 radical (unpaired) electrons. The van der Waals surface area contributed by atoms with Crippen molar-refractivity contribution in [3.63, 3.8) is 0 Å². The predicted molar refractivity (Wildman–Crippen MR) is 76.0 cm³/mol. The Labute approximate surface area is 134 Å². The second-order valence-corrected chi connectivity index (χ2v) is 6.53. The van der Waals surface area contributed by atoms with Gasteiger partial charge in [0.05, 0.1) is 10.2 Å². The second-order valence-electron chi connectivity index (χ2n) is 4.28. The van der Waals surface area contributed by atoms with Crippen molar-refractivity contribution in [1.82, 2.24) is 4.98 Å². The lowest BCUT2D eigenvalue weighted by Gasteiger charge is -2.05. The summed E-state index contributed by atoms with van der Waals surface area (Å²) in [6.07, 6.45) is 0. The van der Waals surface area contributed by atoms with Gasteiger partial charge in [-0.3, -0.25) is 4.79 Å². The minimum atomic E-state index is -2.30. The van der Waals surface area contributed by atoms with Crippen LogP contribution in [0.25, 0.3) is 10.2 Å². The Morgan fingerprint density at radius 3 is 2.09 bits per heavy atom. The van der Waals surface area contributed by atoms with E-state index >= 15 is 0 Å². The van der Waals surface area contributed by atoms with Crippen LogP contribution in [0, 0.1) is 29.1 Å². The van der Waals surface area contributed by atoms with Crippen LogP contribution in [0.1, 0.15) is 10.4 Å². The van der Waals surface area contributed by atoms with Gasteiger partial charge in [-0.1, -0.05) is 12.1 Å². The summed E-state index contributed by atoms with van der Waals surface area (Å²) in [5.41, 5.74) is -0.920. The largest absolute Gasteiger partial charge is 0.281 e. The van der Waals surface area contributed by atoms with Gasteiger partial charge in [0.25, 0.3) is 0 Å². The summed E-state index contributed by atoms with van der Waals surface area (Å²) in [6, 6.07) is 6.84. The maximum atomic E-state index is 13.6. The third-order valence-corrected chi connectivity index (χ3v) is 4.85. The molecule has 2 aromatic carbocycles. The van der Waals surface area contributed by atoms with E-state index in [0.29, 0.717) is 17.3 Å². The number of thioether (sulfide) groups is 1. The zero-order valence-electron chi connectivity index (χ0n) is 10.9. The molecule has 0 spiro atoms. The first-order valence-electron chi connectivity index (χ1n) is 5.99. The van der Waals surface area contributed by atoms with Crippen LogP contribution in [0.2, 0.25) is 0 Å². The molecule has 0 N–H and O–H groups in total. The SMILES string of the molecule is O=C(Sc1nc2ccccc2s1)c1c(F)c(F)c(F)c(F)c1F. The second kappa shape index (κ2) is 5.89. The first kappa shape index (κ1) is 15.9. The molecule has 23 heavy (non-hydrogen) atoms. The van der Waals surface area contributed by atoms with Crippen LogP contribution < -0.4 is 0 Å². The quantitative estimate of drug-likeness (QED) is 0.281. The van der Waals surface area contributed by atoms with Gasteiger partial charge in [-0.2, -0.15) is 0 Å². The molecule has 0 aliphatic carbocycles. The molecule has 3 aromatic rings. The van der Waals surface area contributed by atoms with E-state index < -0.39 is 39.8 Å². The average molecular weight is 361 g/mol. The van der Waals surface area contributed by atoms with Gasteiger partial charge in [0.2, 0.25) is 10.9 Å². The van der Waals surface area contributed by atoms with Gasteiger partial charge in [0.15, 0.2) is 27.6 Å². The van der Waals surface area contributed by atoms with Gasteiger partial charge >= 0.3 is 0 Å². The molecule has 0 amide bonds. The van der Waals surface area contributed by atoms with Crippen LogP contribution >= 0.6 is 23.1 Å². The molecule has 0 atom stereocenters. The van der Waals surface area contributed by atoms with Crippen LogP contribution in [0.5, 0.6) is 0 Å². The Bertz CT molecular complexity index is 878. The number of fused-ring (bicyclic) bond motifs is 1. The van der Waals surface area contributed by atoms with Crippen LogP contribution in [0.15, 0.2) is 28.6 Å². The summed E-state index contributed by atoms with van der Waals surface area (Å²) in [5, 5.41) is -1.31. The van der Waals surface area contributed by atoms with Crippen molar-refractivity contribution in [3.8, 4) is 0 Å². The van der Waals surface area contributed by atoms with Gasteiger partial charge in [0.1, 0.15) is 5.56 Å². The third kappa shape index (κ3) is 2.70. The van der Waals surface area contributed by atoms with Gasteiger partial charge in [-0.15, -0.1) is 11.3 Å². The Hall–Kier alpha value is -2.00. The molecule has 0 aliphatic heterocycles. The van der Waals surface area contributed by atoms with Crippen molar-refractivity contribution in [2.75, 3.05) is 0 Å². The first-order chi connectivity index (χ1) is 10.9. The summed E-state index contributed by atoms with van der Waals surface area (Å²) in [7, 11) is 0. The average Bonchev–Trinajstić information content (AvgIpc) is 2.93. The van der Waals surface area contributed by atoms with Crippen LogP contribution in [0.4, 0.5) is 22.0 Å². The molecular formula is C14H4F5NOS2. The van der Waals surface area contributed by atoms with Crippen molar-refractivity contribution < 1.29 is 26.7 Å². The van der Waals surface area contributed by atoms with E-state index in [4.69, 9.17) is 0 Å². The standard InChI is InChI=1S/C14H4F5NOS2/c15-8-7(9(16)11(18)12(19)10(8)17)13(21)23-14-20-5-3-1-2-4-6(5)22-14/h1-4H. The van der Waals surface area contributed by atoms with Gasteiger partial charge in [0, 0.05) is 0 Å². The van der Waals surface area contributed by atoms with Crippen LogP contribution in [-0.2, 0) is 0 Å². The molecule has 0 fully saturated rings. The van der Waals surface area contributed by atoms with Gasteiger partial charge < -0.3 is 0 Å². The number of benzene rings is 2. The highest BCUT2D eigenvalue weighted by atomic mass is 32.2. The molecule has 1 aromatic heterocycles. The van der Waals surface area contributed by atoms with E-state index in [1.807, 2.05) is 0 Å². The van der Waals surface area contributed by atoms with Crippen molar-refractivity contribution in [2.24, 2.45) is 0 Å². The van der Waals surface area contributed by atoms with E-state index in [1.54, 1.807) is 24.3 Å². The maximum absolute atomic E-state index is 13.6. The number of hydrogen-bond acceptors (Lipinski definition) is 4. The maximum Gasteiger partial charge on any atom is 0.232 e. The first-order valence-corrected chi connectivity index (χ1v) is 7.62. The van der Waals surface area contributed by atoms with Gasteiger partial charge in [-0.25, -0.2) is 26.9 Å². The van der Waals surface area contributed by atoms with E-state index in [1.165, 1.54) is 0 Å². The predicted octanol–water partition coefficient (Wildman–Crippen LogP) is 4.92. The Kier molecular flexibility index (Phi) is 4.07. The summed E-state index contributed by atoms with van der Waals surface area (Å²) < 4.78 is 67.3. The van der Waals surface area contributed by atoms with E-state index in [9.17, 15) is 26.7 Å². The summed E-state index contributed by atoms with van der Waals surface area (Å²) in [6.45, 7) is 0. The molecule has 1 heterocycles. The summed E-state index contributed by atoms with van der Waals surface area (Å²) >= 11 is 1.37. The Morgan fingerprint density at radius 1 is 0.913 bits per heavy atom. The van der Waals surface area contributed by atoms with E-state index in [-0.39, 0.29) is 4.34 Å². The molecule has 0 bridgehead atoms. The smallest absolute Gasteiger partial charge is 0.232 e. The third-order valence-electron chi connectivity index (χ3n) is 2.87. The molecule has 2 nitrogen and oxygen atoms in total. The number of para-hydroxylation sites is 1. The Balaban J connectivity index is 2.01. The van der Waals surface area contributed by atoms with Crippen LogP contribution in [0.3, 0.4) is 0 Å². The highest BCUT2D eigenvalue weighted by Crippen LogP contribution is 2.33. The molecular weight excluding hydrogens is 357 g/mol. The van der Waals surface area contributed by atoms with E-state index in [0.717, 1.165) is 16.0 Å². The topological polar surface area (TPSA) is 30.0 Å². The number of halogens is 5. The summed E-state index contributed by atoms with van der Waals surface area (Å²) in [5.74, 6) is -10.9. The van der Waals surface area contributed by atoms with Crippen molar-refractivity contribution in [1.29, 1.82) is 0 Å². The molecule has 0 saturated carbocycles. The van der Waals surface area contributed by atoms with E-state index in [2.05, 4.69) is 4.98 Å². The molecule has 0 aliphatic rings. The molecule has 3 rings (SSSR count). The number of carbonyl (C=O) groups is 1. The molecule has 0 unspecified atom stereocenters. The monoisotopic (exact) mass is 361 g/mol. The number of rotatable bonds is 2. The lowest BCUT2D eigenvalue weighted by atomic mass is 10.2. The molecule has 0 saturated heterocycles. The lowest BCUT2D eigenvalue weighted by molar-refractivity contribution is 0.107. The zero-order valence-corrected chi connectivity index (χ0v) is 12.5. The minimum absolute atomic E-state index is 0.139. The van der Waals surface area contributed by atoms with Gasteiger partial charge in [-0.05, 0) is 23.9 Å². The van der Waals surface area contributed by atoms with Crippen molar-refractivity contribution >= 4 is 38.4 Å². The van der Waals surface area contributed by atoms with Crippen molar-refractivity contribution in [2.45, 2.75) is 4.34 Å². The van der Waals surface area contributed by atoms with Crippen molar-refractivity contribution in [3.05, 3.63) is 58.9 Å². The fourth-order valence-electron chi connectivity index (χ4n) is 1.81. The number of aromatic nitrogens is 1. The fraction of sp³-hybridized carbons (Fsp3) is 0. The minimum Gasteiger partial charge on any atom is -0.281 e. The Morgan fingerprint density at radius 2 is 1.48 bits per heavy atom. The summed E-state index contributed by atoms with van der Waals surface area (Å²) in [4.78, 5) is 16.0.